The molecule has 1 amide bonds. The van der Waals surface area contributed by atoms with Gasteiger partial charge in [0.2, 0.25) is 0 Å². The molecule has 0 spiro atoms. The van der Waals surface area contributed by atoms with E-state index in [-0.39, 0.29) is 18.3 Å². The number of halogens is 2. The van der Waals surface area contributed by atoms with Gasteiger partial charge in [0.15, 0.2) is 5.13 Å². The van der Waals surface area contributed by atoms with Crippen LogP contribution in [-0.4, -0.2) is 55.2 Å². The summed E-state index contributed by atoms with van der Waals surface area (Å²) in [6, 6.07) is 13.4. The fourth-order valence-electron chi connectivity index (χ4n) is 3.39. The molecule has 30 heavy (non-hydrogen) atoms. The number of ether oxygens (including phenoxy) is 1. The summed E-state index contributed by atoms with van der Waals surface area (Å²) in [6.07, 6.45) is 0.980. The number of aryl methyl sites for hydroxylation is 1. The molecule has 160 valence electrons. The molecule has 0 bridgehead atoms. The molecule has 0 N–H and O–H groups in total. The number of nitrogens with zero attached hydrogens (tertiary/aromatic N) is 3. The molecule has 5 nitrogen and oxygen atoms in total. The summed E-state index contributed by atoms with van der Waals surface area (Å²) in [5.74, 6) is -0.0512. The lowest BCUT2D eigenvalue weighted by molar-refractivity contribution is 0.0391. The zero-order valence-corrected chi connectivity index (χ0v) is 19.2. The van der Waals surface area contributed by atoms with E-state index in [0.29, 0.717) is 17.1 Å². The molecule has 1 saturated heterocycles. The van der Waals surface area contributed by atoms with E-state index in [1.807, 2.05) is 6.07 Å². The number of fused-ring (bicyclic) bond motifs is 1. The number of morpholine rings is 1. The van der Waals surface area contributed by atoms with E-state index in [1.54, 1.807) is 40.5 Å². The number of aromatic nitrogens is 1. The minimum absolute atomic E-state index is 0. The SMILES string of the molecule is CCc1ccc2nc(N(CCN3CCOCC3)C(=O)c3ccc(Cl)cc3)sc2c1.Cl. The predicted octanol–water partition coefficient (Wildman–Crippen LogP) is 4.91. The van der Waals surface area contributed by atoms with Gasteiger partial charge in [-0.25, -0.2) is 4.98 Å². The Morgan fingerprint density at radius 2 is 1.93 bits per heavy atom. The van der Waals surface area contributed by atoms with E-state index in [2.05, 4.69) is 24.0 Å². The number of benzene rings is 2. The standard InChI is InChI=1S/C22H24ClN3O2S.ClH/c1-2-16-3-8-19-20(15-16)29-22(24-19)26(10-9-25-11-13-28-14-12-25)21(27)17-4-6-18(23)7-5-17;/h3-8,15H,2,9-14H2,1H3;1H. The number of carbonyl (C=O) groups is 1. The lowest BCUT2D eigenvalue weighted by Gasteiger charge is -2.29. The first-order chi connectivity index (χ1) is 14.1. The molecule has 1 aromatic heterocycles. The van der Waals surface area contributed by atoms with E-state index in [9.17, 15) is 4.79 Å². The van der Waals surface area contributed by atoms with Crippen LogP contribution in [0.2, 0.25) is 5.02 Å². The molecule has 1 fully saturated rings. The summed E-state index contributed by atoms with van der Waals surface area (Å²) < 4.78 is 6.55. The highest BCUT2D eigenvalue weighted by Gasteiger charge is 2.23. The molecule has 8 heteroatoms. The third-order valence-corrected chi connectivity index (χ3v) is 6.45. The van der Waals surface area contributed by atoms with Crippen LogP contribution in [0.3, 0.4) is 0 Å². The third kappa shape index (κ3) is 5.31. The second-order valence-corrected chi connectivity index (χ2v) is 8.52. The number of anilines is 1. The maximum atomic E-state index is 13.3. The van der Waals surface area contributed by atoms with Crippen molar-refractivity contribution in [3.63, 3.8) is 0 Å². The maximum absolute atomic E-state index is 13.3. The van der Waals surface area contributed by atoms with Crippen LogP contribution in [0.5, 0.6) is 0 Å². The molecule has 3 aromatic rings. The lowest BCUT2D eigenvalue weighted by Crippen LogP contribution is -2.43. The third-order valence-electron chi connectivity index (χ3n) is 5.16. The molecular weight excluding hydrogens is 441 g/mol. The molecule has 4 rings (SSSR count). The fourth-order valence-corrected chi connectivity index (χ4v) is 4.57. The molecule has 0 aliphatic carbocycles. The Hall–Kier alpha value is -1.70. The van der Waals surface area contributed by atoms with Crippen molar-refractivity contribution in [1.29, 1.82) is 0 Å². The maximum Gasteiger partial charge on any atom is 0.260 e. The normalized spacial score (nSPS) is 14.5. The summed E-state index contributed by atoms with van der Waals surface area (Å²) >= 11 is 7.58. The van der Waals surface area contributed by atoms with Gasteiger partial charge in [-0.1, -0.05) is 35.9 Å². The van der Waals surface area contributed by atoms with Crippen LogP contribution in [0.15, 0.2) is 42.5 Å². The van der Waals surface area contributed by atoms with Crippen LogP contribution in [0.4, 0.5) is 5.13 Å². The zero-order valence-electron chi connectivity index (χ0n) is 16.8. The molecule has 0 saturated carbocycles. The Morgan fingerprint density at radius 3 is 2.63 bits per heavy atom. The molecular formula is C22H25Cl2N3O2S. The van der Waals surface area contributed by atoms with Crippen LogP contribution < -0.4 is 4.90 Å². The quantitative estimate of drug-likeness (QED) is 0.518. The highest BCUT2D eigenvalue weighted by Crippen LogP contribution is 2.31. The van der Waals surface area contributed by atoms with Gasteiger partial charge in [-0.05, 0) is 48.4 Å². The summed E-state index contributed by atoms with van der Waals surface area (Å²) in [5, 5.41) is 1.36. The van der Waals surface area contributed by atoms with Gasteiger partial charge in [0, 0.05) is 36.8 Å². The molecule has 0 unspecified atom stereocenters. The Morgan fingerprint density at radius 1 is 1.20 bits per heavy atom. The minimum Gasteiger partial charge on any atom is -0.379 e. The average Bonchev–Trinajstić information content (AvgIpc) is 3.17. The largest absolute Gasteiger partial charge is 0.379 e. The van der Waals surface area contributed by atoms with Crippen molar-refractivity contribution in [2.45, 2.75) is 13.3 Å². The predicted molar refractivity (Wildman–Crippen MR) is 127 cm³/mol. The number of carbonyl (C=O) groups excluding carboxylic acids is 1. The van der Waals surface area contributed by atoms with Crippen LogP contribution in [-0.2, 0) is 11.2 Å². The van der Waals surface area contributed by atoms with Gasteiger partial charge in [-0.2, -0.15) is 0 Å². The summed E-state index contributed by atoms with van der Waals surface area (Å²) in [5.41, 5.74) is 2.82. The Bertz CT molecular complexity index is 988. The smallest absolute Gasteiger partial charge is 0.260 e. The molecule has 2 heterocycles. The van der Waals surface area contributed by atoms with Gasteiger partial charge in [0.25, 0.3) is 5.91 Å². The topological polar surface area (TPSA) is 45.7 Å². The van der Waals surface area contributed by atoms with Gasteiger partial charge in [-0.15, -0.1) is 12.4 Å². The minimum atomic E-state index is -0.0512. The van der Waals surface area contributed by atoms with Crippen molar-refractivity contribution in [3.05, 3.63) is 58.6 Å². The summed E-state index contributed by atoms with van der Waals surface area (Å²) in [7, 11) is 0. The van der Waals surface area contributed by atoms with Gasteiger partial charge in [0.05, 0.1) is 23.4 Å². The van der Waals surface area contributed by atoms with Crippen molar-refractivity contribution >= 4 is 56.6 Å². The van der Waals surface area contributed by atoms with Crippen LogP contribution in [0, 0.1) is 0 Å². The Labute approximate surface area is 192 Å². The fraction of sp³-hybridized carbons (Fsp3) is 0.364. The van der Waals surface area contributed by atoms with E-state index in [0.717, 1.165) is 54.6 Å². The van der Waals surface area contributed by atoms with Crippen LogP contribution in [0.25, 0.3) is 10.2 Å². The lowest BCUT2D eigenvalue weighted by atomic mass is 10.2. The second kappa shape index (κ2) is 10.6. The van der Waals surface area contributed by atoms with Crippen molar-refractivity contribution < 1.29 is 9.53 Å². The van der Waals surface area contributed by atoms with Gasteiger partial charge >= 0.3 is 0 Å². The first-order valence-electron chi connectivity index (χ1n) is 9.91. The molecule has 1 aliphatic rings. The van der Waals surface area contributed by atoms with E-state index >= 15 is 0 Å². The summed E-state index contributed by atoms with van der Waals surface area (Å²) in [6.45, 7) is 6.78. The van der Waals surface area contributed by atoms with Crippen molar-refractivity contribution in [1.82, 2.24) is 9.88 Å². The zero-order chi connectivity index (χ0) is 20.2. The molecule has 0 atom stereocenters. The first-order valence-corrected chi connectivity index (χ1v) is 11.1. The van der Waals surface area contributed by atoms with E-state index in [1.165, 1.54) is 5.56 Å². The number of rotatable bonds is 6. The Kier molecular flexibility index (Phi) is 8.08. The molecule has 2 aromatic carbocycles. The van der Waals surface area contributed by atoms with Gasteiger partial charge < -0.3 is 4.74 Å². The van der Waals surface area contributed by atoms with Crippen molar-refractivity contribution in [2.75, 3.05) is 44.3 Å². The van der Waals surface area contributed by atoms with Gasteiger partial charge in [0.1, 0.15) is 0 Å². The number of thiazole rings is 1. The number of hydrogen-bond acceptors (Lipinski definition) is 5. The first kappa shape index (κ1) is 23.0. The number of hydrogen-bond donors (Lipinski definition) is 0. The number of amides is 1. The highest BCUT2D eigenvalue weighted by molar-refractivity contribution is 7.22. The summed E-state index contributed by atoms with van der Waals surface area (Å²) in [4.78, 5) is 22.2. The Balaban J connectivity index is 0.00000256. The highest BCUT2D eigenvalue weighted by atomic mass is 35.5. The molecule has 1 aliphatic heterocycles. The van der Waals surface area contributed by atoms with Gasteiger partial charge in [-0.3, -0.25) is 14.6 Å². The average molecular weight is 466 g/mol. The van der Waals surface area contributed by atoms with Crippen molar-refractivity contribution in [2.24, 2.45) is 0 Å². The second-order valence-electron chi connectivity index (χ2n) is 7.07. The van der Waals surface area contributed by atoms with E-state index in [4.69, 9.17) is 21.3 Å². The van der Waals surface area contributed by atoms with Crippen LogP contribution in [0.1, 0.15) is 22.8 Å². The monoisotopic (exact) mass is 465 g/mol. The van der Waals surface area contributed by atoms with Crippen LogP contribution >= 0.6 is 35.3 Å². The molecule has 0 radical (unpaired) electrons. The van der Waals surface area contributed by atoms with E-state index < -0.39 is 0 Å². The van der Waals surface area contributed by atoms with Crippen molar-refractivity contribution in [3.8, 4) is 0 Å².